The van der Waals surface area contributed by atoms with Gasteiger partial charge in [0.05, 0.1) is 20.6 Å². The summed E-state index contributed by atoms with van der Waals surface area (Å²) in [5, 5.41) is 0.282. The first-order valence-corrected chi connectivity index (χ1v) is 14.3. The van der Waals surface area contributed by atoms with Crippen molar-refractivity contribution < 1.29 is 22.7 Å². The standard InChI is InChI=1S/C27H27Cl2N3O5S/c1-19-5-8-21(9-6-19)38(34,35)32(23-4-2-3-22(28)27(23)29)17-26(33)31-13-11-30(12-14-31)16-20-7-10-24-25(15-20)37-18-36-24/h2-10,15H,11-14,16-18H2,1H3. The highest BCUT2D eigenvalue weighted by atomic mass is 35.5. The highest BCUT2D eigenvalue weighted by Gasteiger charge is 2.32. The highest BCUT2D eigenvalue weighted by molar-refractivity contribution is 7.92. The Labute approximate surface area is 232 Å². The Morgan fingerprint density at radius 3 is 2.39 bits per heavy atom. The zero-order chi connectivity index (χ0) is 26.9. The molecule has 200 valence electrons. The van der Waals surface area contributed by atoms with Crippen LogP contribution in [0.4, 0.5) is 5.69 Å². The molecule has 5 rings (SSSR count). The molecule has 8 nitrogen and oxygen atoms in total. The average molecular weight is 577 g/mol. The van der Waals surface area contributed by atoms with Crippen molar-refractivity contribution in [1.29, 1.82) is 0 Å². The summed E-state index contributed by atoms with van der Waals surface area (Å²) in [7, 11) is -4.09. The number of halogens is 2. The lowest BCUT2D eigenvalue weighted by Crippen LogP contribution is -2.51. The van der Waals surface area contributed by atoms with Crippen LogP contribution in [0.2, 0.25) is 10.0 Å². The molecule has 0 saturated carbocycles. The molecule has 0 aromatic heterocycles. The molecule has 3 aromatic rings. The molecule has 38 heavy (non-hydrogen) atoms. The summed E-state index contributed by atoms with van der Waals surface area (Å²) >= 11 is 12.6. The molecule has 2 aliphatic heterocycles. The minimum atomic E-state index is -4.09. The van der Waals surface area contributed by atoms with Gasteiger partial charge < -0.3 is 14.4 Å². The van der Waals surface area contributed by atoms with Crippen molar-refractivity contribution in [2.24, 2.45) is 0 Å². The van der Waals surface area contributed by atoms with E-state index in [1.807, 2.05) is 25.1 Å². The van der Waals surface area contributed by atoms with Gasteiger partial charge in [0.2, 0.25) is 12.7 Å². The van der Waals surface area contributed by atoms with Crippen molar-refractivity contribution in [2.75, 3.05) is 43.8 Å². The maximum absolute atomic E-state index is 13.7. The van der Waals surface area contributed by atoms with Gasteiger partial charge in [-0.2, -0.15) is 0 Å². The second-order valence-corrected chi connectivity index (χ2v) is 11.9. The predicted molar refractivity (Wildman–Crippen MR) is 147 cm³/mol. The lowest BCUT2D eigenvalue weighted by Gasteiger charge is -2.36. The highest BCUT2D eigenvalue weighted by Crippen LogP contribution is 2.36. The smallest absolute Gasteiger partial charge is 0.264 e. The van der Waals surface area contributed by atoms with Crippen LogP contribution in [-0.2, 0) is 21.4 Å². The average Bonchev–Trinajstić information content (AvgIpc) is 3.38. The summed E-state index contributed by atoms with van der Waals surface area (Å²) in [5.74, 6) is 1.18. The molecule has 1 amide bonds. The molecule has 2 aliphatic rings. The Hall–Kier alpha value is -2.98. The fourth-order valence-corrected chi connectivity index (χ4v) is 6.37. The minimum absolute atomic E-state index is 0.0699. The number of carbonyl (C=O) groups is 1. The number of carbonyl (C=O) groups excluding carboxylic acids is 1. The molecule has 11 heteroatoms. The van der Waals surface area contributed by atoms with Crippen molar-refractivity contribution >= 4 is 44.8 Å². The van der Waals surface area contributed by atoms with Gasteiger partial charge in [0.1, 0.15) is 6.54 Å². The first-order chi connectivity index (χ1) is 18.2. The van der Waals surface area contributed by atoms with Crippen LogP contribution in [-0.4, -0.2) is 63.6 Å². The number of aryl methyl sites for hydroxylation is 1. The number of anilines is 1. The molecular formula is C27H27Cl2N3O5S. The van der Waals surface area contributed by atoms with Gasteiger partial charge in [-0.15, -0.1) is 0 Å². The maximum Gasteiger partial charge on any atom is 0.264 e. The van der Waals surface area contributed by atoms with E-state index in [1.165, 1.54) is 12.1 Å². The fourth-order valence-electron chi connectivity index (χ4n) is 4.50. The van der Waals surface area contributed by atoms with Crippen LogP contribution in [0.15, 0.2) is 65.6 Å². The summed E-state index contributed by atoms with van der Waals surface area (Å²) in [6, 6.07) is 17.1. The van der Waals surface area contributed by atoms with Gasteiger partial charge in [0.25, 0.3) is 10.0 Å². The maximum atomic E-state index is 13.7. The van der Waals surface area contributed by atoms with Crippen LogP contribution >= 0.6 is 23.2 Å². The zero-order valence-corrected chi connectivity index (χ0v) is 23.1. The second kappa shape index (κ2) is 11.0. The van der Waals surface area contributed by atoms with Crippen molar-refractivity contribution in [2.45, 2.75) is 18.4 Å². The Kier molecular flexibility index (Phi) is 7.72. The van der Waals surface area contributed by atoms with E-state index in [1.54, 1.807) is 35.2 Å². The SMILES string of the molecule is Cc1ccc(S(=O)(=O)N(CC(=O)N2CCN(Cc3ccc4c(c3)OCO4)CC2)c2cccc(Cl)c2Cl)cc1. The Morgan fingerprint density at radius 1 is 0.947 bits per heavy atom. The van der Waals surface area contributed by atoms with Crippen molar-refractivity contribution in [3.05, 3.63) is 81.8 Å². The molecule has 1 fully saturated rings. The first-order valence-electron chi connectivity index (χ1n) is 12.1. The number of fused-ring (bicyclic) bond motifs is 1. The Balaban J connectivity index is 1.30. The van der Waals surface area contributed by atoms with Crippen LogP contribution in [0.3, 0.4) is 0 Å². The molecule has 1 saturated heterocycles. The van der Waals surface area contributed by atoms with Crippen LogP contribution in [0.1, 0.15) is 11.1 Å². The number of amides is 1. The number of nitrogens with zero attached hydrogens (tertiary/aromatic N) is 3. The van der Waals surface area contributed by atoms with E-state index in [0.717, 1.165) is 26.9 Å². The van der Waals surface area contributed by atoms with Crippen LogP contribution < -0.4 is 13.8 Å². The van der Waals surface area contributed by atoms with E-state index in [9.17, 15) is 13.2 Å². The third-order valence-corrected chi connectivity index (χ3v) is 9.24. The molecule has 0 bridgehead atoms. The monoisotopic (exact) mass is 575 g/mol. The number of piperazine rings is 1. The number of ether oxygens (including phenoxy) is 2. The van der Waals surface area contributed by atoms with Gasteiger partial charge in [-0.25, -0.2) is 8.42 Å². The summed E-state index contributed by atoms with van der Waals surface area (Å²) in [6.45, 7) is 4.69. The Morgan fingerprint density at radius 2 is 1.66 bits per heavy atom. The molecule has 3 aromatic carbocycles. The van der Waals surface area contributed by atoms with Crippen LogP contribution in [0.25, 0.3) is 0 Å². The molecule has 0 N–H and O–H groups in total. The predicted octanol–water partition coefficient (Wildman–Crippen LogP) is 4.57. The quantitative estimate of drug-likeness (QED) is 0.410. The third kappa shape index (κ3) is 5.56. The van der Waals surface area contributed by atoms with E-state index >= 15 is 0 Å². The number of hydrogen-bond acceptors (Lipinski definition) is 6. The summed E-state index contributed by atoms with van der Waals surface area (Å²) in [5.41, 5.74) is 2.18. The Bertz CT molecular complexity index is 1440. The van der Waals surface area contributed by atoms with E-state index in [-0.39, 0.29) is 33.3 Å². The number of rotatable bonds is 7. The first kappa shape index (κ1) is 26.6. The van der Waals surface area contributed by atoms with Gasteiger partial charge in [-0.1, -0.05) is 53.0 Å². The van der Waals surface area contributed by atoms with Gasteiger partial charge in [-0.3, -0.25) is 14.0 Å². The number of sulfonamides is 1. The molecule has 0 spiro atoms. The van der Waals surface area contributed by atoms with Crippen molar-refractivity contribution in [3.63, 3.8) is 0 Å². The molecule has 2 heterocycles. The molecule has 0 aliphatic carbocycles. The normalized spacial score (nSPS) is 15.5. The summed E-state index contributed by atoms with van der Waals surface area (Å²) < 4.78 is 39.3. The molecule has 0 atom stereocenters. The van der Waals surface area contributed by atoms with Gasteiger partial charge >= 0.3 is 0 Å². The number of benzene rings is 3. The third-order valence-electron chi connectivity index (χ3n) is 6.66. The van der Waals surface area contributed by atoms with Crippen molar-refractivity contribution in [3.8, 4) is 11.5 Å². The lowest BCUT2D eigenvalue weighted by molar-refractivity contribution is -0.131. The topological polar surface area (TPSA) is 79.4 Å². The van der Waals surface area contributed by atoms with E-state index in [0.29, 0.717) is 32.7 Å². The van der Waals surface area contributed by atoms with Gasteiger partial charge in [-0.05, 0) is 48.9 Å². The van der Waals surface area contributed by atoms with E-state index in [2.05, 4.69) is 4.90 Å². The molecule has 0 radical (unpaired) electrons. The van der Waals surface area contributed by atoms with E-state index in [4.69, 9.17) is 32.7 Å². The van der Waals surface area contributed by atoms with E-state index < -0.39 is 16.6 Å². The number of hydrogen-bond donors (Lipinski definition) is 0. The molecular weight excluding hydrogens is 549 g/mol. The largest absolute Gasteiger partial charge is 0.454 e. The fraction of sp³-hybridized carbons (Fsp3) is 0.296. The molecule has 0 unspecified atom stereocenters. The lowest BCUT2D eigenvalue weighted by atomic mass is 10.1. The summed E-state index contributed by atoms with van der Waals surface area (Å²) in [4.78, 5) is 17.4. The van der Waals surface area contributed by atoms with Crippen LogP contribution in [0, 0.1) is 6.92 Å². The summed E-state index contributed by atoms with van der Waals surface area (Å²) in [6.07, 6.45) is 0. The van der Waals surface area contributed by atoms with Gasteiger partial charge in [0, 0.05) is 32.7 Å². The van der Waals surface area contributed by atoms with Crippen molar-refractivity contribution in [1.82, 2.24) is 9.80 Å². The second-order valence-electron chi connectivity index (χ2n) is 9.24. The minimum Gasteiger partial charge on any atom is -0.454 e. The van der Waals surface area contributed by atoms with Gasteiger partial charge in [0.15, 0.2) is 11.5 Å². The van der Waals surface area contributed by atoms with Crippen LogP contribution in [0.5, 0.6) is 11.5 Å². The zero-order valence-electron chi connectivity index (χ0n) is 20.8.